The summed E-state index contributed by atoms with van der Waals surface area (Å²) in [4.78, 5) is 0. The quantitative estimate of drug-likeness (QED) is 0.859. The van der Waals surface area contributed by atoms with E-state index in [1.54, 1.807) is 0 Å². The fourth-order valence-corrected chi connectivity index (χ4v) is 2.20. The van der Waals surface area contributed by atoms with Gasteiger partial charge in [0.25, 0.3) is 0 Å². The van der Waals surface area contributed by atoms with Crippen LogP contribution < -0.4 is 10.1 Å². The van der Waals surface area contributed by atoms with E-state index in [0.29, 0.717) is 0 Å². The Kier molecular flexibility index (Phi) is 4.72. The molecule has 0 unspecified atom stereocenters. The summed E-state index contributed by atoms with van der Waals surface area (Å²) in [5, 5.41) is 3.46. The molecule has 0 aliphatic rings. The smallest absolute Gasteiger partial charge is 0.119 e. The number of anilines is 1. The van der Waals surface area contributed by atoms with Crippen LogP contribution >= 0.6 is 0 Å². The van der Waals surface area contributed by atoms with Crippen molar-refractivity contribution in [3.05, 3.63) is 47.3 Å². The Balaban J connectivity index is 1.95. The van der Waals surface area contributed by atoms with Gasteiger partial charge in [0, 0.05) is 30.7 Å². The van der Waals surface area contributed by atoms with E-state index in [1.807, 2.05) is 12.1 Å². The molecule has 3 nitrogen and oxygen atoms in total. The van der Waals surface area contributed by atoms with Gasteiger partial charge < -0.3 is 14.6 Å². The van der Waals surface area contributed by atoms with E-state index in [4.69, 9.17) is 4.74 Å². The van der Waals surface area contributed by atoms with Gasteiger partial charge >= 0.3 is 0 Å². The standard InChI is InChI=1S/C17H24N2O/c1-5-10-20-17-8-6-16(7-9-17)18-12-15-11-13(2)19(4)14(15)3/h6-9,11,18H,5,10,12H2,1-4H3. The molecule has 0 spiro atoms. The molecule has 1 aromatic heterocycles. The second-order valence-corrected chi connectivity index (χ2v) is 5.18. The summed E-state index contributed by atoms with van der Waals surface area (Å²) >= 11 is 0. The molecule has 0 bridgehead atoms. The Morgan fingerprint density at radius 3 is 2.40 bits per heavy atom. The molecule has 0 radical (unpaired) electrons. The van der Waals surface area contributed by atoms with Crippen molar-refractivity contribution in [1.29, 1.82) is 0 Å². The summed E-state index contributed by atoms with van der Waals surface area (Å²) < 4.78 is 7.80. The predicted molar refractivity (Wildman–Crippen MR) is 84.4 cm³/mol. The normalized spacial score (nSPS) is 10.6. The third kappa shape index (κ3) is 3.35. The van der Waals surface area contributed by atoms with E-state index >= 15 is 0 Å². The lowest BCUT2D eigenvalue weighted by molar-refractivity contribution is 0.317. The molecule has 1 N–H and O–H groups in total. The van der Waals surface area contributed by atoms with Crippen molar-refractivity contribution in [3.8, 4) is 5.75 Å². The molecule has 0 aliphatic heterocycles. The third-order valence-electron chi connectivity index (χ3n) is 3.69. The Morgan fingerprint density at radius 1 is 1.15 bits per heavy atom. The SMILES string of the molecule is CCCOc1ccc(NCc2cc(C)n(C)c2C)cc1. The van der Waals surface area contributed by atoms with Crippen molar-refractivity contribution in [2.24, 2.45) is 7.05 Å². The van der Waals surface area contributed by atoms with Gasteiger partial charge in [-0.15, -0.1) is 0 Å². The molecular weight excluding hydrogens is 248 g/mol. The van der Waals surface area contributed by atoms with Crippen LogP contribution in [0, 0.1) is 13.8 Å². The summed E-state index contributed by atoms with van der Waals surface area (Å²) in [6.07, 6.45) is 1.03. The van der Waals surface area contributed by atoms with Gasteiger partial charge in [-0.25, -0.2) is 0 Å². The zero-order chi connectivity index (χ0) is 14.5. The molecule has 0 amide bonds. The molecular formula is C17H24N2O. The van der Waals surface area contributed by atoms with Crippen molar-refractivity contribution in [2.75, 3.05) is 11.9 Å². The van der Waals surface area contributed by atoms with Gasteiger partial charge in [0.1, 0.15) is 5.75 Å². The zero-order valence-corrected chi connectivity index (χ0v) is 12.9. The monoisotopic (exact) mass is 272 g/mol. The van der Waals surface area contributed by atoms with Crippen molar-refractivity contribution in [1.82, 2.24) is 4.57 Å². The number of aromatic nitrogens is 1. The van der Waals surface area contributed by atoms with Gasteiger partial charge in [-0.2, -0.15) is 0 Å². The predicted octanol–water partition coefficient (Wildman–Crippen LogP) is 4.04. The second-order valence-electron chi connectivity index (χ2n) is 5.18. The van der Waals surface area contributed by atoms with Crippen LogP contribution in [0.4, 0.5) is 5.69 Å². The maximum Gasteiger partial charge on any atom is 0.119 e. The summed E-state index contributed by atoms with van der Waals surface area (Å²) in [5.41, 5.74) is 5.08. The highest BCUT2D eigenvalue weighted by Crippen LogP contribution is 2.18. The highest BCUT2D eigenvalue weighted by molar-refractivity contribution is 5.47. The lowest BCUT2D eigenvalue weighted by Gasteiger charge is -2.09. The first-order valence-corrected chi connectivity index (χ1v) is 7.20. The fraction of sp³-hybridized carbons (Fsp3) is 0.412. The summed E-state index contributed by atoms with van der Waals surface area (Å²) in [7, 11) is 2.11. The van der Waals surface area contributed by atoms with Crippen LogP contribution in [0.3, 0.4) is 0 Å². The van der Waals surface area contributed by atoms with Crippen LogP contribution in [0.5, 0.6) is 5.75 Å². The zero-order valence-electron chi connectivity index (χ0n) is 12.9. The number of ether oxygens (including phenoxy) is 1. The first-order chi connectivity index (χ1) is 9.61. The highest BCUT2D eigenvalue weighted by atomic mass is 16.5. The first-order valence-electron chi connectivity index (χ1n) is 7.20. The summed E-state index contributed by atoms with van der Waals surface area (Å²) in [5.74, 6) is 0.934. The van der Waals surface area contributed by atoms with E-state index in [1.165, 1.54) is 17.0 Å². The van der Waals surface area contributed by atoms with Crippen molar-refractivity contribution in [3.63, 3.8) is 0 Å². The molecule has 0 saturated heterocycles. The number of benzene rings is 1. The average Bonchev–Trinajstić information content (AvgIpc) is 2.71. The van der Waals surface area contributed by atoms with Crippen LogP contribution in [-0.2, 0) is 13.6 Å². The Labute approximate surface area is 121 Å². The van der Waals surface area contributed by atoms with Crippen LogP contribution in [0.15, 0.2) is 30.3 Å². The van der Waals surface area contributed by atoms with Crippen LogP contribution in [-0.4, -0.2) is 11.2 Å². The minimum atomic E-state index is 0.773. The van der Waals surface area contributed by atoms with E-state index in [2.05, 4.69) is 55.9 Å². The average molecular weight is 272 g/mol. The molecule has 3 heteroatoms. The molecule has 2 aromatic rings. The number of aryl methyl sites for hydroxylation is 1. The molecule has 0 aliphatic carbocycles. The van der Waals surface area contributed by atoms with Crippen LogP contribution in [0.2, 0.25) is 0 Å². The van der Waals surface area contributed by atoms with Gasteiger partial charge in [0.05, 0.1) is 6.61 Å². The largest absolute Gasteiger partial charge is 0.494 e. The van der Waals surface area contributed by atoms with Gasteiger partial charge in [0.2, 0.25) is 0 Å². The third-order valence-corrected chi connectivity index (χ3v) is 3.69. The minimum Gasteiger partial charge on any atom is -0.494 e. The Morgan fingerprint density at radius 2 is 1.85 bits per heavy atom. The number of nitrogens with zero attached hydrogens (tertiary/aromatic N) is 1. The maximum absolute atomic E-state index is 5.58. The van der Waals surface area contributed by atoms with E-state index < -0.39 is 0 Å². The van der Waals surface area contributed by atoms with Gasteiger partial charge in [-0.3, -0.25) is 0 Å². The number of hydrogen-bond acceptors (Lipinski definition) is 2. The molecule has 108 valence electrons. The fourth-order valence-electron chi connectivity index (χ4n) is 2.20. The van der Waals surface area contributed by atoms with E-state index in [-0.39, 0.29) is 0 Å². The van der Waals surface area contributed by atoms with E-state index in [0.717, 1.165) is 31.0 Å². The minimum absolute atomic E-state index is 0.773. The molecule has 0 saturated carbocycles. The molecule has 1 aromatic carbocycles. The Bertz CT molecular complexity index is 555. The maximum atomic E-state index is 5.58. The number of hydrogen-bond donors (Lipinski definition) is 1. The summed E-state index contributed by atoms with van der Waals surface area (Å²) in [6.45, 7) is 8.03. The van der Waals surface area contributed by atoms with Crippen LogP contribution in [0.1, 0.15) is 30.3 Å². The van der Waals surface area contributed by atoms with Gasteiger partial charge in [-0.05, 0) is 56.2 Å². The van der Waals surface area contributed by atoms with Gasteiger partial charge in [0.15, 0.2) is 0 Å². The topological polar surface area (TPSA) is 26.2 Å². The number of nitrogens with one attached hydrogen (secondary N) is 1. The molecule has 0 atom stereocenters. The van der Waals surface area contributed by atoms with Crippen molar-refractivity contribution in [2.45, 2.75) is 33.7 Å². The lowest BCUT2D eigenvalue weighted by atomic mass is 10.2. The second kappa shape index (κ2) is 6.51. The van der Waals surface area contributed by atoms with Gasteiger partial charge in [-0.1, -0.05) is 6.92 Å². The van der Waals surface area contributed by atoms with Crippen molar-refractivity contribution < 1.29 is 4.74 Å². The number of rotatable bonds is 6. The molecule has 0 fully saturated rings. The summed E-state index contributed by atoms with van der Waals surface area (Å²) in [6, 6.07) is 10.4. The first kappa shape index (κ1) is 14.5. The molecule has 1 heterocycles. The van der Waals surface area contributed by atoms with Crippen LogP contribution in [0.25, 0.3) is 0 Å². The molecule has 2 rings (SSSR count). The van der Waals surface area contributed by atoms with Crippen molar-refractivity contribution >= 4 is 5.69 Å². The lowest BCUT2D eigenvalue weighted by Crippen LogP contribution is -2.01. The Hall–Kier alpha value is -1.90. The van der Waals surface area contributed by atoms with E-state index in [9.17, 15) is 0 Å². The highest BCUT2D eigenvalue weighted by Gasteiger charge is 2.05. The molecule has 20 heavy (non-hydrogen) atoms.